The van der Waals surface area contributed by atoms with Gasteiger partial charge in [-0.1, -0.05) is 37.6 Å². The van der Waals surface area contributed by atoms with Crippen molar-refractivity contribution in [3.63, 3.8) is 0 Å². The Labute approximate surface area is 237 Å². The number of ether oxygens (including phenoxy) is 3. The molecular formula is C32H38ClN3O3. The van der Waals surface area contributed by atoms with Crippen molar-refractivity contribution < 1.29 is 14.2 Å². The van der Waals surface area contributed by atoms with Crippen LogP contribution in [0.1, 0.15) is 31.7 Å². The van der Waals surface area contributed by atoms with Crippen molar-refractivity contribution in [1.29, 1.82) is 0 Å². The lowest BCUT2D eigenvalue weighted by atomic mass is 10.1. The fourth-order valence-electron chi connectivity index (χ4n) is 4.43. The maximum Gasteiger partial charge on any atom is 0.140 e. The zero-order valence-corrected chi connectivity index (χ0v) is 23.9. The first-order chi connectivity index (χ1) is 19.1. The van der Waals surface area contributed by atoms with Gasteiger partial charge in [-0.2, -0.15) is 0 Å². The SMILES string of the molecule is CCN(CC)CCCOc1ccc(-n2cc(-c3ccc(OCCc4cccc(Cl)c4)cc3)nc2COC)cc1. The van der Waals surface area contributed by atoms with Crippen LogP contribution in [0.2, 0.25) is 5.02 Å². The molecule has 0 saturated carbocycles. The summed E-state index contributed by atoms with van der Waals surface area (Å²) in [5, 5.41) is 0.745. The summed E-state index contributed by atoms with van der Waals surface area (Å²) in [5.41, 5.74) is 4.06. The minimum atomic E-state index is 0.411. The third kappa shape index (κ3) is 8.33. The molecule has 4 rings (SSSR count). The molecule has 39 heavy (non-hydrogen) atoms. The minimum Gasteiger partial charge on any atom is -0.494 e. The van der Waals surface area contributed by atoms with Crippen molar-refractivity contribution in [3.8, 4) is 28.4 Å². The van der Waals surface area contributed by atoms with Gasteiger partial charge < -0.3 is 23.7 Å². The zero-order chi connectivity index (χ0) is 27.5. The first-order valence-electron chi connectivity index (χ1n) is 13.6. The molecule has 206 valence electrons. The van der Waals surface area contributed by atoms with Crippen molar-refractivity contribution >= 4 is 11.6 Å². The van der Waals surface area contributed by atoms with Crippen LogP contribution in [0.25, 0.3) is 16.9 Å². The molecule has 6 nitrogen and oxygen atoms in total. The van der Waals surface area contributed by atoms with E-state index in [1.165, 1.54) is 0 Å². The number of halogens is 1. The molecule has 0 amide bonds. The highest BCUT2D eigenvalue weighted by atomic mass is 35.5. The average molecular weight is 548 g/mol. The van der Waals surface area contributed by atoms with Crippen molar-refractivity contribution in [1.82, 2.24) is 14.5 Å². The maximum atomic E-state index is 6.07. The summed E-state index contributed by atoms with van der Waals surface area (Å²) < 4.78 is 19.4. The number of aromatic nitrogens is 2. The topological polar surface area (TPSA) is 48.8 Å². The van der Waals surface area contributed by atoms with E-state index in [1.54, 1.807) is 7.11 Å². The summed E-state index contributed by atoms with van der Waals surface area (Å²) in [5.74, 6) is 2.53. The highest BCUT2D eigenvalue weighted by Gasteiger charge is 2.12. The number of imidazole rings is 1. The summed E-state index contributed by atoms with van der Waals surface area (Å²) in [7, 11) is 1.68. The van der Waals surface area contributed by atoms with Crippen LogP contribution in [0.15, 0.2) is 79.0 Å². The third-order valence-electron chi connectivity index (χ3n) is 6.65. The van der Waals surface area contributed by atoms with Gasteiger partial charge >= 0.3 is 0 Å². The predicted octanol–water partition coefficient (Wildman–Crippen LogP) is 7.07. The number of rotatable bonds is 15. The van der Waals surface area contributed by atoms with Gasteiger partial charge in [0.1, 0.15) is 23.9 Å². The molecule has 0 N–H and O–H groups in total. The second-order valence-electron chi connectivity index (χ2n) is 9.32. The number of benzene rings is 3. The Kier molecular flexibility index (Phi) is 10.8. The van der Waals surface area contributed by atoms with Crippen LogP contribution in [0.3, 0.4) is 0 Å². The lowest BCUT2D eigenvalue weighted by Gasteiger charge is -2.17. The van der Waals surface area contributed by atoms with Crippen molar-refractivity contribution in [2.45, 2.75) is 33.3 Å². The van der Waals surface area contributed by atoms with Crippen molar-refractivity contribution in [2.24, 2.45) is 0 Å². The number of hydrogen-bond acceptors (Lipinski definition) is 5. The molecule has 1 heterocycles. The van der Waals surface area contributed by atoms with Crippen LogP contribution < -0.4 is 9.47 Å². The highest BCUT2D eigenvalue weighted by molar-refractivity contribution is 6.30. The van der Waals surface area contributed by atoms with E-state index in [2.05, 4.69) is 41.5 Å². The third-order valence-corrected chi connectivity index (χ3v) is 6.88. The molecule has 3 aromatic carbocycles. The highest BCUT2D eigenvalue weighted by Crippen LogP contribution is 2.25. The predicted molar refractivity (Wildman–Crippen MR) is 158 cm³/mol. The zero-order valence-electron chi connectivity index (χ0n) is 23.1. The Balaban J connectivity index is 1.37. The summed E-state index contributed by atoms with van der Waals surface area (Å²) >= 11 is 6.07. The van der Waals surface area contributed by atoms with Crippen LogP contribution in [-0.2, 0) is 17.8 Å². The van der Waals surface area contributed by atoms with Crippen molar-refractivity contribution in [2.75, 3.05) is 40.0 Å². The molecule has 1 aromatic heterocycles. The fourth-order valence-corrected chi connectivity index (χ4v) is 4.65. The fraction of sp³-hybridized carbons (Fsp3) is 0.344. The van der Waals surface area contributed by atoms with Crippen LogP contribution in [0, 0.1) is 0 Å². The van der Waals surface area contributed by atoms with E-state index >= 15 is 0 Å². The second-order valence-corrected chi connectivity index (χ2v) is 9.76. The van der Waals surface area contributed by atoms with Gasteiger partial charge in [-0.15, -0.1) is 0 Å². The molecule has 0 aliphatic carbocycles. The van der Waals surface area contributed by atoms with Crippen molar-refractivity contribution in [3.05, 3.63) is 95.4 Å². The Morgan fingerprint density at radius 2 is 1.56 bits per heavy atom. The number of methoxy groups -OCH3 is 1. The van der Waals surface area contributed by atoms with Crippen LogP contribution in [0.4, 0.5) is 0 Å². The van der Waals surface area contributed by atoms with E-state index in [0.717, 1.165) is 77.3 Å². The van der Waals surface area contributed by atoms with Gasteiger partial charge in [-0.05, 0) is 85.7 Å². The van der Waals surface area contributed by atoms with Gasteiger partial charge in [-0.25, -0.2) is 4.98 Å². The molecule has 0 aliphatic rings. The first kappa shape index (κ1) is 28.7. The molecule has 7 heteroatoms. The first-order valence-corrected chi connectivity index (χ1v) is 14.0. The molecular weight excluding hydrogens is 510 g/mol. The monoisotopic (exact) mass is 547 g/mol. The lowest BCUT2D eigenvalue weighted by Crippen LogP contribution is -2.25. The van der Waals surface area contributed by atoms with Gasteiger partial charge in [-0.3, -0.25) is 0 Å². The van der Waals surface area contributed by atoms with Crippen LogP contribution >= 0.6 is 11.6 Å². The normalized spacial score (nSPS) is 11.2. The van der Waals surface area contributed by atoms with Gasteiger partial charge in [0.15, 0.2) is 0 Å². The van der Waals surface area contributed by atoms with E-state index in [4.69, 9.17) is 30.8 Å². The Morgan fingerprint density at radius 1 is 0.872 bits per heavy atom. The van der Waals surface area contributed by atoms with Crippen LogP contribution in [-0.4, -0.2) is 54.4 Å². The molecule has 0 unspecified atom stereocenters. The Morgan fingerprint density at radius 3 is 2.23 bits per heavy atom. The molecule has 0 radical (unpaired) electrons. The molecule has 4 aromatic rings. The molecule has 0 bridgehead atoms. The van der Waals surface area contributed by atoms with Gasteiger partial charge in [0.2, 0.25) is 0 Å². The van der Waals surface area contributed by atoms with E-state index in [0.29, 0.717) is 19.8 Å². The summed E-state index contributed by atoms with van der Waals surface area (Å²) in [6.07, 6.45) is 3.86. The second kappa shape index (κ2) is 14.7. The van der Waals surface area contributed by atoms with E-state index in [9.17, 15) is 0 Å². The molecule has 0 saturated heterocycles. The molecule has 0 spiro atoms. The maximum absolute atomic E-state index is 6.07. The largest absolute Gasteiger partial charge is 0.494 e. The average Bonchev–Trinajstić information content (AvgIpc) is 3.38. The number of hydrogen-bond donors (Lipinski definition) is 0. The van der Waals surface area contributed by atoms with Gasteiger partial charge in [0, 0.05) is 42.5 Å². The van der Waals surface area contributed by atoms with Gasteiger partial charge in [0.05, 0.1) is 18.9 Å². The molecule has 0 fully saturated rings. The van der Waals surface area contributed by atoms with Gasteiger partial charge in [0.25, 0.3) is 0 Å². The molecule has 0 aliphatic heterocycles. The van der Waals surface area contributed by atoms with E-state index < -0.39 is 0 Å². The lowest BCUT2D eigenvalue weighted by molar-refractivity contribution is 0.176. The summed E-state index contributed by atoms with van der Waals surface area (Å²) in [6.45, 7) is 9.29. The van der Waals surface area contributed by atoms with Crippen LogP contribution in [0.5, 0.6) is 11.5 Å². The Hall–Kier alpha value is -3.32. The van der Waals surface area contributed by atoms with E-state index in [1.807, 2.05) is 60.8 Å². The minimum absolute atomic E-state index is 0.411. The number of nitrogens with zero attached hydrogens (tertiary/aromatic N) is 3. The molecule has 0 atom stereocenters. The summed E-state index contributed by atoms with van der Waals surface area (Å²) in [6, 6.07) is 24.0. The quantitative estimate of drug-likeness (QED) is 0.149. The smallest absolute Gasteiger partial charge is 0.140 e. The standard InChI is InChI=1S/C32H38ClN3O3/c1-4-35(5-2)19-7-20-38-30-16-12-28(13-17-30)36-23-31(34-32(36)24-37-3)26-10-14-29(15-11-26)39-21-18-25-8-6-9-27(33)22-25/h6,8-17,22-23H,4-5,7,18-21,24H2,1-3H3. The van der Waals surface area contributed by atoms with E-state index in [-0.39, 0.29) is 0 Å². The summed E-state index contributed by atoms with van der Waals surface area (Å²) in [4.78, 5) is 7.26. The Bertz CT molecular complexity index is 1290.